The number of carbonyl (C=O) groups excluding carboxylic acids is 1. The Morgan fingerprint density at radius 2 is 1.80 bits per heavy atom. The van der Waals surface area contributed by atoms with Crippen LogP contribution < -0.4 is 14.8 Å². The number of fused-ring (bicyclic) bond motifs is 1. The van der Waals surface area contributed by atoms with Crippen molar-refractivity contribution in [2.75, 3.05) is 18.5 Å². The summed E-state index contributed by atoms with van der Waals surface area (Å²) in [7, 11) is 0. The summed E-state index contributed by atoms with van der Waals surface area (Å²) >= 11 is 1.40. The van der Waals surface area contributed by atoms with Gasteiger partial charge in [0, 0.05) is 29.0 Å². The number of anilines is 1. The Morgan fingerprint density at radius 1 is 1.03 bits per heavy atom. The first-order valence-electron chi connectivity index (χ1n) is 9.62. The van der Waals surface area contributed by atoms with Crippen molar-refractivity contribution in [3.05, 3.63) is 77.9 Å². The van der Waals surface area contributed by atoms with Crippen LogP contribution in [0.2, 0.25) is 0 Å². The lowest BCUT2D eigenvalue weighted by Gasteiger charge is -2.18. The van der Waals surface area contributed by atoms with E-state index in [1.165, 1.54) is 11.3 Å². The average molecular weight is 417 g/mol. The number of rotatable bonds is 5. The highest BCUT2D eigenvalue weighted by atomic mass is 32.1. The number of nitrogens with one attached hydrogen (secondary N) is 1. The zero-order valence-electron chi connectivity index (χ0n) is 16.1. The summed E-state index contributed by atoms with van der Waals surface area (Å²) in [6, 6.07) is 17.7. The van der Waals surface area contributed by atoms with Gasteiger partial charge in [-0.1, -0.05) is 12.1 Å². The minimum absolute atomic E-state index is 0.0909. The Labute approximate surface area is 177 Å². The molecule has 0 fully saturated rings. The lowest BCUT2D eigenvalue weighted by atomic mass is 10.1. The second-order valence-corrected chi connectivity index (χ2v) is 7.74. The Bertz CT molecular complexity index is 1170. The van der Waals surface area contributed by atoms with E-state index in [1.807, 2.05) is 76.9 Å². The molecule has 0 spiro atoms. The molecule has 4 aromatic rings. The molecular formula is C23H19N3O3S. The van der Waals surface area contributed by atoms with Gasteiger partial charge in [0.15, 0.2) is 16.6 Å². The maximum Gasteiger partial charge on any atom is 0.230 e. The fourth-order valence-corrected chi connectivity index (χ4v) is 4.04. The van der Waals surface area contributed by atoms with Crippen LogP contribution in [-0.4, -0.2) is 28.7 Å². The molecule has 1 N–H and O–H groups in total. The largest absolute Gasteiger partial charge is 0.486 e. The Balaban J connectivity index is 1.23. The van der Waals surface area contributed by atoms with E-state index in [-0.39, 0.29) is 5.91 Å². The molecule has 2 aromatic carbocycles. The van der Waals surface area contributed by atoms with Gasteiger partial charge in [-0.3, -0.25) is 4.79 Å². The normalized spacial score (nSPS) is 12.5. The first kappa shape index (κ1) is 18.4. The molecular weight excluding hydrogens is 398 g/mol. The second kappa shape index (κ2) is 8.04. The van der Waals surface area contributed by atoms with E-state index in [0.717, 1.165) is 34.0 Å². The monoisotopic (exact) mass is 417 g/mol. The van der Waals surface area contributed by atoms with Crippen molar-refractivity contribution in [3.63, 3.8) is 0 Å². The molecule has 0 radical (unpaired) electrons. The van der Waals surface area contributed by atoms with Crippen LogP contribution in [0.3, 0.4) is 0 Å². The standard InChI is InChI=1S/C23H19N3O3S/c27-22(13-16-3-6-18(7-4-16)26-9-1-2-10-26)25-23-24-19(15-30-23)17-5-8-20-21(14-17)29-12-11-28-20/h1-10,14-15H,11-13H2,(H,24,25,27). The summed E-state index contributed by atoms with van der Waals surface area (Å²) in [6.45, 7) is 1.11. The number of hydrogen-bond acceptors (Lipinski definition) is 5. The summed E-state index contributed by atoms with van der Waals surface area (Å²) < 4.78 is 13.2. The summed E-state index contributed by atoms with van der Waals surface area (Å²) in [6.07, 6.45) is 4.28. The van der Waals surface area contributed by atoms with Crippen LogP contribution >= 0.6 is 11.3 Å². The zero-order chi connectivity index (χ0) is 20.3. The van der Waals surface area contributed by atoms with Crippen LogP contribution in [0.15, 0.2) is 72.4 Å². The summed E-state index contributed by atoms with van der Waals surface area (Å²) in [5.74, 6) is 1.38. The summed E-state index contributed by atoms with van der Waals surface area (Å²) in [5, 5.41) is 5.39. The number of thiazole rings is 1. The van der Waals surface area contributed by atoms with E-state index in [1.54, 1.807) is 0 Å². The first-order chi connectivity index (χ1) is 14.7. The van der Waals surface area contributed by atoms with Gasteiger partial charge < -0.3 is 19.4 Å². The molecule has 0 bridgehead atoms. The van der Waals surface area contributed by atoms with Gasteiger partial charge in [-0.25, -0.2) is 4.98 Å². The van der Waals surface area contributed by atoms with Crippen molar-refractivity contribution in [1.82, 2.24) is 9.55 Å². The van der Waals surface area contributed by atoms with Crippen LogP contribution in [0.4, 0.5) is 5.13 Å². The predicted octanol–water partition coefficient (Wildman–Crippen LogP) is 4.55. The third kappa shape index (κ3) is 3.92. The average Bonchev–Trinajstić information content (AvgIpc) is 3.46. The van der Waals surface area contributed by atoms with E-state index in [9.17, 15) is 4.79 Å². The Morgan fingerprint density at radius 3 is 2.60 bits per heavy atom. The molecule has 1 aliphatic heterocycles. The molecule has 0 unspecified atom stereocenters. The SMILES string of the molecule is O=C(Cc1ccc(-n2cccc2)cc1)Nc1nc(-c2ccc3c(c2)OCCO3)cs1. The summed E-state index contributed by atoms with van der Waals surface area (Å²) in [4.78, 5) is 17.0. The zero-order valence-corrected chi connectivity index (χ0v) is 16.9. The van der Waals surface area contributed by atoms with Crippen molar-refractivity contribution in [2.45, 2.75) is 6.42 Å². The van der Waals surface area contributed by atoms with Crippen molar-refractivity contribution in [3.8, 4) is 28.4 Å². The lowest BCUT2D eigenvalue weighted by molar-refractivity contribution is -0.115. The van der Waals surface area contributed by atoms with E-state index >= 15 is 0 Å². The molecule has 3 heterocycles. The molecule has 1 amide bonds. The smallest absolute Gasteiger partial charge is 0.230 e. The molecule has 0 saturated carbocycles. The molecule has 6 nitrogen and oxygen atoms in total. The highest BCUT2D eigenvalue weighted by Crippen LogP contribution is 2.35. The fourth-order valence-electron chi connectivity index (χ4n) is 3.31. The number of nitrogens with zero attached hydrogens (tertiary/aromatic N) is 2. The number of hydrogen-bond donors (Lipinski definition) is 1. The van der Waals surface area contributed by atoms with E-state index < -0.39 is 0 Å². The van der Waals surface area contributed by atoms with Gasteiger partial charge in [0.1, 0.15) is 13.2 Å². The minimum atomic E-state index is -0.0909. The molecule has 7 heteroatoms. The third-order valence-electron chi connectivity index (χ3n) is 4.79. The van der Waals surface area contributed by atoms with Gasteiger partial charge in [-0.2, -0.15) is 0 Å². The van der Waals surface area contributed by atoms with Crippen molar-refractivity contribution in [2.24, 2.45) is 0 Å². The van der Waals surface area contributed by atoms with Crippen LogP contribution in [0, 0.1) is 0 Å². The molecule has 5 rings (SSSR count). The van der Waals surface area contributed by atoms with Crippen molar-refractivity contribution in [1.29, 1.82) is 0 Å². The van der Waals surface area contributed by atoms with E-state index in [0.29, 0.717) is 24.8 Å². The van der Waals surface area contributed by atoms with Crippen LogP contribution in [-0.2, 0) is 11.2 Å². The minimum Gasteiger partial charge on any atom is -0.486 e. The van der Waals surface area contributed by atoms with Crippen LogP contribution in [0.1, 0.15) is 5.56 Å². The van der Waals surface area contributed by atoms with Gasteiger partial charge in [0.25, 0.3) is 0 Å². The fraction of sp³-hybridized carbons (Fsp3) is 0.130. The number of aromatic nitrogens is 2. The quantitative estimate of drug-likeness (QED) is 0.517. The first-order valence-corrected chi connectivity index (χ1v) is 10.5. The number of carbonyl (C=O) groups is 1. The predicted molar refractivity (Wildman–Crippen MR) is 117 cm³/mol. The van der Waals surface area contributed by atoms with Crippen molar-refractivity contribution < 1.29 is 14.3 Å². The molecule has 2 aromatic heterocycles. The second-order valence-electron chi connectivity index (χ2n) is 6.88. The molecule has 1 aliphatic rings. The number of benzene rings is 2. The summed E-state index contributed by atoms with van der Waals surface area (Å²) in [5.41, 5.74) is 3.74. The van der Waals surface area contributed by atoms with Gasteiger partial charge in [0.05, 0.1) is 12.1 Å². The maximum atomic E-state index is 12.4. The van der Waals surface area contributed by atoms with E-state index in [2.05, 4.69) is 10.3 Å². The number of amides is 1. The highest BCUT2D eigenvalue weighted by Gasteiger charge is 2.14. The van der Waals surface area contributed by atoms with Crippen molar-refractivity contribution >= 4 is 22.4 Å². The molecule has 150 valence electrons. The van der Waals surface area contributed by atoms with Gasteiger partial charge in [-0.15, -0.1) is 11.3 Å². The molecule has 0 atom stereocenters. The van der Waals surface area contributed by atoms with Gasteiger partial charge >= 0.3 is 0 Å². The molecule has 30 heavy (non-hydrogen) atoms. The van der Waals surface area contributed by atoms with Crippen LogP contribution in [0.25, 0.3) is 16.9 Å². The Hall–Kier alpha value is -3.58. The van der Waals surface area contributed by atoms with E-state index in [4.69, 9.17) is 9.47 Å². The van der Waals surface area contributed by atoms with Crippen LogP contribution in [0.5, 0.6) is 11.5 Å². The Kier molecular flexibility index (Phi) is 4.94. The maximum absolute atomic E-state index is 12.4. The molecule has 0 aliphatic carbocycles. The van der Waals surface area contributed by atoms with Gasteiger partial charge in [0.2, 0.25) is 5.91 Å². The highest BCUT2D eigenvalue weighted by molar-refractivity contribution is 7.14. The molecule has 0 saturated heterocycles. The number of ether oxygens (including phenoxy) is 2. The third-order valence-corrected chi connectivity index (χ3v) is 5.55. The van der Waals surface area contributed by atoms with Gasteiger partial charge in [-0.05, 0) is 48.0 Å². The lowest BCUT2D eigenvalue weighted by Crippen LogP contribution is -2.15. The topological polar surface area (TPSA) is 65.4 Å².